The molecule has 1 saturated carbocycles. The van der Waals surface area contributed by atoms with Gasteiger partial charge in [-0.05, 0) is 49.6 Å². The number of nitrogens with zero attached hydrogens (tertiary/aromatic N) is 4. The van der Waals surface area contributed by atoms with Crippen LogP contribution in [0, 0.1) is 0 Å². The molecule has 1 aliphatic rings. The van der Waals surface area contributed by atoms with Crippen molar-refractivity contribution in [3.63, 3.8) is 0 Å². The van der Waals surface area contributed by atoms with Crippen LogP contribution in [0.4, 0.5) is 13.2 Å². The smallest absolute Gasteiger partial charge is 0.393 e. The van der Waals surface area contributed by atoms with Gasteiger partial charge in [0.05, 0.1) is 22.9 Å². The molecule has 0 bridgehead atoms. The van der Waals surface area contributed by atoms with Crippen molar-refractivity contribution in [3.05, 3.63) is 70.8 Å². The number of hydrogen-bond acceptors (Lipinski definition) is 6. The van der Waals surface area contributed by atoms with Crippen LogP contribution >= 0.6 is 0 Å². The van der Waals surface area contributed by atoms with Crippen LogP contribution in [0.5, 0.6) is 0 Å². The van der Waals surface area contributed by atoms with Crippen LogP contribution < -0.4 is 5.56 Å². The summed E-state index contributed by atoms with van der Waals surface area (Å²) in [7, 11) is 0. The van der Waals surface area contributed by atoms with Gasteiger partial charge in [-0.3, -0.25) is 14.8 Å². The van der Waals surface area contributed by atoms with Gasteiger partial charge in [-0.25, -0.2) is 9.97 Å². The second-order valence-corrected chi connectivity index (χ2v) is 8.04. The fourth-order valence-corrected chi connectivity index (χ4v) is 4.12. The van der Waals surface area contributed by atoms with E-state index in [0.717, 1.165) is 12.3 Å². The van der Waals surface area contributed by atoms with Crippen LogP contribution in [0.2, 0.25) is 0 Å². The zero-order chi connectivity index (χ0) is 23.2. The summed E-state index contributed by atoms with van der Waals surface area (Å²) < 4.78 is 38.7. The van der Waals surface area contributed by atoms with Crippen LogP contribution in [-0.4, -0.2) is 36.1 Å². The quantitative estimate of drug-likeness (QED) is 0.484. The minimum absolute atomic E-state index is 0.0716. The van der Waals surface area contributed by atoms with Gasteiger partial charge in [-0.15, -0.1) is 0 Å². The first kappa shape index (κ1) is 21.2. The molecule has 10 heteroatoms. The van der Waals surface area contributed by atoms with Crippen LogP contribution in [0.25, 0.3) is 33.4 Å². The Kier molecular flexibility index (Phi) is 5.16. The number of hydrogen-bond donors (Lipinski definition) is 2. The highest BCUT2D eigenvalue weighted by molar-refractivity contribution is 5.93. The van der Waals surface area contributed by atoms with E-state index in [1.165, 1.54) is 12.1 Å². The fourth-order valence-electron chi connectivity index (χ4n) is 4.12. The van der Waals surface area contributed by atoms with Crippen molar-refractivity contribution in [1.82, 2.24) is 24.9 Å². The predicted octanol–water partition coefficient (Wildman–Crippen LogP) is 4.09. The summed E-state index contributed by atoms with van der Waals surface area (Å²) in [5.74, 6) is 0.414. The molecule has 0 saturated heterocycles. The standard InChI is InChI=1S/C23H18F3N5O2/c24-23(25,26)18-6-4-13(11-28-18)17-9-16-20(19(29-17)14-2-1-7-27-10-14)30-21(31-22(16)33)12-3-5-15(32)8-12/h1-2,4,6-7,9-12,15,32H,3,5,8H2,(H,30,31,33)/t12-,15+/m1/s1. The zero-order valence-corrected chi connectivity index (χ0v) is 17.2. The number of fused-ring (bicyclic) bond motifs is 1. The minimum Gasteiger partial charge on any atom is -0.393 e. The number of aromatic amines is 1. The average molecular weight is 453 g/mol. The fraction of sp³-hybridized carbons (Fsp3) is 0.261. The van der Waals surface area contributed by atoms with Crippen molar-refractivity contribution in [2.75, 3.05) is 0 Å². The van der Waals surface area contributed by atoms with Crippen LogP contribution in [-0.2, 0) is 6.18 Å². The molecule has 4 aromatic rings. The first-order valence-electron chi connectivity index (χ1n) is 10.4. The number of rotatable bonds is 3. The molecule has 1 aliphatic carbocycles. The number of pyridine rings is 3. The van der Waals surface area contributed by atoms with Crippen molar-refractivity contribution in [2.24, 2.45) is 0 Å². The molecule has 0 aromatic carbocycles. The third kappa shape index (κ3) is 4.09. The first-order valence-corrected chi connectivity index (χ1v) is 10.4. The van der Waals surface area contributed by atoms with E-state index in [4.69, 9.17) is 0 Å². The average Bonchev–Trinajstić information content (AvgIpc) is 3.25. The Bertz CT molecular complexity index is 1370. The van der Waals surface area contributed by atoms with Crippen LogP contribution in [0.3, 0.4) is 0 Å². The van der Waals surface area contributed by atoms with Crippen molar-refractivity contribution >= 4 is 10.9 Å². The summed E-state index contributed by atoms with van der Waals surface area (Å²) in [6.07, 6.45) is 1.14. The lowest BCUT2D eigenvalue weighted by Crippen LogP contribution is -2.15. The van der Waals surface area contributed by atoms with E-state index >= 15 is 0 Å². The predicted molar refractivity (Wildman–Crippen MR) is 114 cm³/mol. The molecular formula is C23H18F3N5O2. The van der Waals surface area contributed by atoms with Crippen LogP contribution in [0.1, 0.15) is 36.7 Å². The van der Waals surface area contributed by atoms with Gasteiger partial charge in [0.2, 0.25) is 0 Å². The molecule has 7 nitrogen and oxygen atoms in total. The largest absolute Gasteiger partial charge is 0.433 e. The van der Waals surface area contributed by atoms with Crippen molar-refractivity contribution < 1.29 is 18.3 Å². The van der Waals surface area contributed by atoms with Gasteiger partial charge >= 0.3 is 6.18 Å². The van der Waals surface area contributed by atoms with E-state index < -0.39 is 18.0 Å². The Hall–Kier alpha value is -3.66. The van der Waals surface area contributed by atoms with Gasteiger partial charge in [0.15, 0.2) is 0 Å². The molecule has 4 heterocycles. The molecule has 2 N–H and O–H groups in total. The van der Waals surface area contributed by atoms with E-state index in [2.05, 4.69) is 24.9 Å². The van der Waals surface area contributed by atoms with Gasteiger partial charge in [-0.1, -0.05) is 0 Å². The van der Waals surface area contributed by atoms with E-state index in [1.54, 1.807) is 24.5 Å². The molecule has 168 valence electrons. The summed E-state index contributed by atoms with van der Waals surface area (Å²) in [4.78, 5) is 32.8. The summed E-state index contributed by atoms with van der Waals surface area (Å²) in [5.41, 5.74) is 0.594. The SMILES string of the molecule is O=c1[nH]c([C@@H]2CC[C@H](O)C2)nc2c(-c3cccnc3)nc(-c3ccc(C(F)(F)F)nc3)cc12. The number of aromatic nitrogens is 5. The molecule has 0 amide bonds. The third-order valence-corrected chi connectivity index (χ3v) is 5.79. The van der Waals surface area contributed by atoms with Gasteiger partial charge < -0.3 is 10.1 Å². The summed E-state index contributed by atoms with van der Waals surface area (Å²) in [6.45, 7) is 0. The molecule has 0 aliphatic heterocycles. The van der Waals surface area contributed by atoms with Gasteiger partial charge in [0.25, 0.3) is 5.56 Å². The maximum atomic E-state index is 13.0. The Morgan fingerprint density at radius 3 is 2.55 bits per heavy atom. The maximum absolute atomic E-state index is 13.0. The van der Waals surface area contributed by atoms with Crippen molar-refractivity contribution in [1.29, 1.82) is 0 Å². The number of alkyl halides is 3. The molecule has 0 spiro atoms. The number of halogens is 3. The highest BCUT2D eigenvalue weighted by atomic mass is 19.4. The van der Waals surface area contributed by atoms with Gasteiger partial charge in [0.1, 0.15) is 17.0 Å². The third-order valence-electron chi connectivity index (χ3n) is 5.79. The monoisotopic (exact) mass is 453 g/mol. The van der Waals surface area contributed by atoms with Gasteiger partial charge in [0, 0.05) is 35.6 Å². The molecule has 4 aromatic heterocycles. The summed E-state index contributed by atoms with van der Waals surface area (Å²) in [6, 6.07) is 7.13. The highest BCUT2D eigenvalue weighted by Gasteiger charge is 2.32. The summed E-state index contributed by atoms with van der Waals surface area (Å²) in [5, 5.41) is 10.1. The molecule has 5 rings (SSSR count). The van der Waals surface area contributed by atoms with E-state index in [0.29, 0.717) is 53.1 Å². The molecule has 0 unspecified atom stereocenters. The molecular weight excluding hydrogens is 435 g/mol. The molecule has 1 fully saturated rings. The van der Waals surface area contributed by atoms with Gasteiger partial charge in [-0.2, -0.15) is 13.2 Å². The number of nitrogens with one attached hydrogen (secondary N) is 1. The van der Waals surface area contributed by atoms with Crippen molar-refractivity contribution in [3.8, 4) is 22.5 Å². The lowest BCUT2D eigenvalue weighted by Gasteiger charge is -2.13. The Morgan fingerprint density at radius 2 is 1.91 bits per heavy atom. The number of aliphatic hydroxyl groups excluding tert-OH is 1. The Morgan fingerprint density at radius 1 is 1.06 bits per heavy atom. The number of aliphatic hydroxyl groups is 1. The Balaban J connectivity index is 1.70. The van der Waals surface area contributed by atoms with E-state index in [1.807, 2.05) is 0 Å². The van der Waals surface area contributed by atoms with E-state index in [-0.39, 0.29) is 16.9 Å². The minimum atomic E-state index is -4.55. The highest BCUT2D eigenvalue weighted by Crippen LogP contribution is 2.35. The first-order chi connectivity index (χ1) is 15.8. The second-order valence-electron chi connectivity index (χ2n) is 8.04. The second kappa shape index (κ2) is 8.04. The lowest BCUT2D eigenvalue weighted by molar-refractivity contribution is -0.141. The molecule has 33 heavy (non-hydrogen) atoms. The molecule has 0 radical (unpaired) electrons. The van der Waals surface area contributed by atoms with Crippen molar-refractivity contribution in [2.45, 2.75) is 37.5 Å². The topological polar surface area (TPSA) is 105 Å². The molecule has 2 atom stereocenters. The maximum Gasteiger partial charge on any atom is 0.433 e. The van der Waals surface area contributed by atoms with Crippen LogP contribution in [0.15, 0.2) is 53.7 Å². The summed E-state index contributed by atoms with van der Waals surface area (Å²) >= 11 is 0. The number of H-pyrrole nitrogens is 1. The lowest BCUT2D eigenvalue weighted by atomic mass is 10.0. The normalized spacial score (nSPS) is 18.7. The Labute approximate surface area is 185 Å². The zero-order valence-electron chi connectivity index (χ0n) is 17.2. The van der Waals surface area contributed by atoms with E-state index in [9.17, 15) is 23.1 Å².